The smallest absolute Gasteiger partial charge is 0.324 e. The number of hydroxylamine groups is 2. The number of hydrogen-bond acceptors (Lipinski definition) is 4. The Labute approximate surface area is 142 Å². The van der Waals surface area contributed by atoms with Gasteiger partial charge >= 0.3 is 5.97 Å². The van der Waals surface area contributed by atoms with Gasteiger partial charge in [0.2, 0.25) is 0 Å². The van der Waals surface area contributed by atoms with E-state index in [-0.39, 0.29) is 16.7 Å². The molecule has 0 aliphatic carbocycles. The van der Waals surface area contributed by atoms with Crippen LogP contribution in [0.15, 0.2) is 73.1 Å². The van der Waals surface area contributed by atoms with Gasteiger partial charge in [0.05, 0.1) is 16.7 Å². The fourth-order valence-electron chi connectivity index (χ4n) is 2.69. The number of imide groups is 1. The molecule has 6 heteroatoms. The molecule has 6 nitrogen and oxygen atoms in total. The van der Waals surface area contributed by atoms with E-state index < -0.39 is 17.8 Å². The lowest BCUT2D eigenvalue weighted by atomic mass is 10.1. The third-order valence-electron chi connectivity index (χ3n) is 3.92. The van der Waals surface area contributed by atoms with Gasteiger partial charge in [0.15, 0.2) is 0 Å². The monoisotopic (exact) mass is 332 g/mol. The maximum absolute atomic E-state index is 12.4. The largest absolute Gasteiger partial charge is 0.364 e. The number of amides is 2. The maximum atomic E-state index is 12.4. The molecule has 1 aromatic heterocycles. The summed E-state index contributed by atoms with van der Waals surface area (Å²) in [5.41, 5.74) is 1.45. The summed E-state index contributed by atoms with van der Waals surface area (Å²) < 4.78 is 1.83. The van der Waals surface area contributed by atoms with Crippen LogP contribution in [0.25, 0.3) is 5.69 Å². The quantitative estimate of drug-likeness (QED) is 0.692. The van der Waals surface area contributed by atoms with Crippen molar-refractivity contribution in [1.29, 1.82) is 0 Å². The molecule has 0 spiro atoms. The minimum atomic E-state index is -0.775. The standard InChI is InChI=1S/C19H12N2O4/c22-17-15-8-1-2-9-16(15)18(23)21(17)25-19(24)13-6-5-7-14(12-13)20-10-3-4-11-20/h1-12H. The molecular weight excluding hydrogens is 320 g/mol. The highest BCUT2D eigenvalue weighted by atomic mass is 16.7. The van der Waals surface area contributed by atoms with Gasteiger partial charge < -0.3 is 9.40 Å². The lowest BCUT2D eigenvalue weighted by molar-refractivity contribution is -0.0584. The predicted molar refractivity (Wildman–Crippen MR) is 88.1 cm³/mol. The van der Waals surface area contributed by atoms with Crippen molar-refractivity contribution in [1.82, 2.24) is 9.63 Å². The molecule has 122 valence electrons. The summed E-state index contributed by atoms with van der Waals surface area (Å²) in [7, 11) is 0. The third-order valence-corrected chi connectivity index (χ3v) is 3.92. The highest BCUT2D eigenvalue weighted by Crippen LogP contribution is 2.23. The van der Waals surface area contributed by atoms with Crippen LogP contribution >= 0.6 is 0 Å². The van der Waals surface area contributed by atoms with Gasteiger partial charge in [-0.25, -0.2) is 4.79 Å². The molecule has 25 heavy (non-hydrogen) atoms. The number of carbonyl (C=O) groups excluding carboxylic acids is 3. The van der Waals surface area contributed by atoms with Crippen LogP contribution in [0.1, 0.15) is 31.1 Å². The van der Waals surface area contributed by atoms with Crippen molar-refractivity contribution in [2.45, 2.75) is 0 Å². The highest BCUT2D eigenvalue weighted by Gasteiger charge is 2.38. The van der Waals surface area contributed by atoms with E-state index >= 15 is 0 Å². The second-order valence-electron chi connectivity index (χ2n) is 5.47. The van der Waals surface area contributed by atoms with E-state index in [0.717, 1.165) is 5.69 Å². The molecule has 0 radical (unpaired) electrons. The van der Waals surface area contributed by atoms with Gasteiger partial charge in [0.1, 0.15) is 0 Å². The Kier molecular flexibility index (Phi) is 3.43. The Morgan fingerprint density at radius 2 is 1.44 bits per heavy atom. The molecule has 2 amide bonds. The van der Waals surface area contributed by atoms with Gasteiger partial charge in [-0.1, -0.05) is 23.3 Å². The summed E-state index contributed by atoms with van der Waals surface area (Å²) in [6, 6.07) is 16.8. The van der Waals surface area contributed by atoms with E-state index in [1.54, 1.807) is 30.3 Å². The highest BCUT2D eigenvalue weighted by molar-refractivity contribution is 6.21. The van der Waals surface area contributed by atoms with E-state index in [1.165, 1.54) is 12.1 Å². The zero-order chi connectivity index (χ0) is 17.4. The predicted octanol–water partition coefficient (Wildman–Crippen LogP) is 2.85. The van der Waals surface area contributed by atoms with Crippen molar-refractivity contribution in [3.05, 3.63) is 89.7 Å². The van der Waals surface area contributed by atoms with Gasteiger partial charge in [0.25, 0.3) is 11.8 Å². The molecule has 0 atom stereocenters. The fraction of sp³-hybridized carbons (Fsp3) is 0. The first kappa shape index (κ1) is 14.9. The maximum Gasteiger partial charge on any atom is 0.364 e. The Bertz CT molecular complexity index is 957. The van der Waals surface area contributed by atoms with Crippen LogP contribution in [0.2, 0.25) is 0 Å². The van der Waals surface area contributed by atoms with E-state index in [4.69, 9.17) is 4.84 Å². The molecule has 2 aromatic carbocycles. The van der Waals surface area contributed by atoms with E-state index in [2.05, 4.69) is 0 Å². The van der Waals surface area contributed by atoms with Crippen LogP contribution in [-0.2, 0) is 4.84 Å². The summed E-state index contributed by atoms with van der Waals surface area (Å²) in [5, 5.41) is 0.509. The molecule has 0 saturated heterocycles. The SMILES string of the molecule is O=C(ON1C(=O)c2ccccc2C1=O)c1cccc(-n2cccc2)c1. The first-order valence-corrected chi connectivity index (χ1v) is 7.59. The second kappa shape index (κ2) is 5.76. The molecule has 1 aliphatic rings. The second-order valence-corrected chi connectivity index (χ2v) is 5.47. The Morgan fingerprint density at radius 1 is 0.800 bits per heavy atom. The average Bonchev–Trinajstić information content (AvgIpc) is 3.26. The first-order chi connectivity index (χ1) is 12.1. The van der Waals surface area contributed by atoms with Crippen molar-refractivity contribution in [2.75, 3.05) is 0 Å². The summed E-state index contributed by atoms with van der Waals surface area (Å²) in [5.74, 6) is -2.06. The molecule has 4 rings (SSSR count). The number of hydrogen-bond donors (Lipinski definition) is 0. The number of rotatable bonds is 3. The van der Waals surface area contributed by atoms with E-state index in [0.29, 0.717) is 5.06 Å². The molecule has 0 fully saturated rings. The number of carbonyl (C=O) groups is 3. The van der Waals surface area contributed by atoms with Crippen LogP contribution in [0.4, 0.5) is 0 Å². The molecule has 0 saturated carbocycles. The van der Waals surface area contributed by atoms with Crippen molar-refractivity contribution >= 4 is 17.8 Å². The topological polar surface area (TPSA) is 68.6 Å². The van der Waals surface area contributed by atoms with Crippen LogP contribution in [0, 0.1) is 0 Å². The van der Waals surface area contributed by atoms with Gasteiger partial charge in [0, 0.05) is 18.1 Å². The summed E-state index contributed by atoms with van der Waals surface area (Å²) in [6.45, 7) is 0. The number of benzene rings is 2. The Balaban J connectivity index is 1.58. The van der Waals surface area contributed by atoms with Gasteiger partial charge in [-0.15, -0.1) is 0 Å². The molecule has 2 heterocycles. The minimum Gasteiger partial charge on any atom is -0.324 e. The molecule has 0 unspecified atom stereocenters. The van der Waals surface area contributed by atoms with Crippen LogP contribution in [0.5, 0.6) is 0 Å². The zero-order valence-corrected chi connectivity index (χ0v) is 13.0. The van der Waals surface area contributed by atoms with Gasteiger partial charge in [-0.05, 0) is 42.5 Å². The number of nitrogens with zero attached hydrogens (tertiary/aromatic N) is 2. The van der Waals surface area contributed by atoms with Crippen molar-refractivity contribution in [2.24, 2.45) is 0 Å². The number of aromatic nitrogens is 1. The van der Waals surface area contributed by atoms with Crippen LogP contribution < -0.4 is 0 Å². The molecule has 1 aliphatic heterocycles. The van der Waals surface area contributed by atoms with Crippen LogP contribution in [0.3, 0.4) is 0 Å². The Morgan fingerprint density at radius 3 is 2.08 bits per heavy atom. The molecule has 0 N–H and O–H groups in total. The van der Waals surface area contributed by atoms with Crippen molar-refractivity contribution < 1.29 is 19.2 Å². The third kappa shape index (κ3) is 2.49. The lowest BCUT2D eigenvalue weighted by Crippen LogP contribution is -2.32. The van der Waals surface area contributed by atoms with E-state index in [9.17, 15) is 14.4 Å². The van der Waals surface area contributed by atoms with Gasteiger partial charge in [-0.3, -0.25) is 9.59 Å². The first-order valence-electron chi connectivity index (χ1n) is 7.59. The van der Waals surface area contributed by atoms with E-state index in [1.807, 2.05) is 35.2 Å². The number of fused-ring (bicyclic) bond motifs is 1. The summed E-state index contributed by atoms with van der Waals surface area (Å²) >= 11 is 0. The zero-order valence-electron chi connectivity index (χ0n) is 13.0. The van der Waals surface area contributed by atoms with Crippen LogP contribution in [-0.4, -0.2) is 27.4 Å². The molecular formula is C19H12N2O4. The Hall–Kier alpha value is -3.67. The van der Waals surface area contributed by atoms with Crippen molar-refractivity contribution in [3.63, 3.8) is 0 Å². The van der Waals surface area contributed by atoms with Gasteiger partial charge in [-0.2, -0.15) is 0 Å². The lowest BCUT2D eigenvalue weighted by Gasteiger charge is -2.13. The average molecular weight is 332 g/mol. The molecule has 0 bridgehead atoms. The van der Waals surface area contributed by atoms with Crippen molar-refractivity contribution in [3.8, 4) is 5.69 Å². The summed E-state index contributed by atoms with van der Waals surface area (Å²) in [6.07, 6.45) is 3.68. The fourth-order valence-corrected chi connectivity index (χ4v) is 2.69. The molecule has 3 aromatic rings. The summed E-state index contributed by atoms with van der Waals surface area (Å²) in [4.78, 5) is 42.0. The minimum absolute atomic E-state index is 0.224. The normalized spacial score (nSPS) is 13.0.